The van der Waals surface area contributed by atoms with E-state index in [-0.39, 0.29) is 11.0 Å². The molecule has 2 aromatic carbocycles. The Hall–Kier alpha value is -2.86. The first-order valence-corrected chi connectivity index (χ1v) is 11.8. The van der Waals surface area contributed by atoms with Gasteiger partial charge in [-0.2, -0.15) is 0 Å². The van der Waals surface area contributed by atoms with E-state index >= 15 is 0 Å². The Balaban J connectivity index is 1.75. The Morgan fingerprint density at radius 2 is 1.44 bits per heavy atom. The van der Waals surface area contributed by atoms with Crippen LogP contribution in [-0.4, -0.2) is 31.3 Å². The Labute approximate surface area is 203 Å². The molecule has 0 aliphatic carbocycles. The third-order valence-corrected chi connectivity index (χ3v) is 5.47. The van der Waals surface area contributed by atoms with Crippen molar-refractivity contribution < 1.29 is 28.5 Å². The number of hydrogen-bond acceptors (Lipinski definition) is 6. The van der Waals surface area contributed by atoms with Gasteiger partial charge in [0.15, 0.2) is 0 Å². The molecule has 0 bridgehead atoms. The normalized spacial score (nSPS) is 12.6. The Morgan fingerprint density at radius 3 is 2.00 bits per heavy atom. The predicted octanol–water partition coefficient (Wildman–Crippen LogP) is 6.47. The summed E-state index contributed by atoms with van der Waals surface area (Å²) in [6.07, 6.45) is 3.13. The summed E-state index contributed by atoms with van der Waals surface area (Å²) in [6.45, 7) is 14.8. The van der Waals surface area contributed by atoms with Gasteiger partial charge in [-0.05, 0) is 99.9 Å². The summed E-state index contributed by atoms with van der Waals surface area (Å²) >= 11 is 0. The monoisotopic (exact) mass is 470 g/mol. The summed E-state index contributed by atoms with van der Waals surface area (Å²) < 4.78 is 22.0. The fraction of sp³-hybridized carbons (Fsp3) is 0.500. The number of carbonyl (C=O) groups is 2. The number of benzene rings is 2. The highest BCUT2D eigenvalue weighted by atomic mass is 16.5. The zero-order chi connectivity index (χ0) is 25.2. The molecule has 1 atom stereocenters. The minimum Gasteiger partial charge on any atom is -0.494 e. The summed E-state index contributed by atoms with van der Waals surface area (Å²) in [5.41, 5.74) is 0.439. The summed E-state index contributed by atoms with van der Waals surface area (Å²) in [7, 11) is 0. The molecular formula is C28H38O6. The van der Waals surface area contributed by atoms with Gasteiger partial charge in [-0.25, -0.2) is 4.79 Å². The molecule has 0 radical (unpaired) electrons. The molecular weight excluding hydrogens is 432 g/mol. The highest BCUT2D eigenvalue weighted by molar-refractivity contribution is 5.91. The molecule has 0 aliphatic heterocycles. The maximum absolute atomic E-state index is 12.3. The third-order valence-electron chi connectivity index (χ3n) is 5.47. The van der Waals surface area contributed by atoms with Crippen LogP contribution in [0.4, 0.5) is 0 Å². The highest BCUT2D eigenvalue weighted by Crippen LogP contribution is 2.31. The number of carbonyl (C=O) groups excluding carboxylic acids is 2. The van der Waals surface area contributed by atoms with E-state index in [0.29, 0.717) is 36.1 Å². The topological polar surface area (TPSA) is 71.1 Å². The summed E-state index contributed by atoms with van der Waals surface area (Å²) in [6, 6.07) is 13.1. The van der Waals surface area contributed by atoms with E-state index in [2.05, 4.69) is 41.5 Å². The van der Waals surface area contributed by atoms with Crippen molar-refractivity contribution in [3.8, 4) is 17.2 Å². The maximum atomic E-state index is 12.3. The van der Waals surface area contributed by atoms with Crippen LogP contribution in [0.5, 0.6) is 17.2 Å². The molecule has 2 rings (SSSR count). The summed E-state index contributed by atoms with van der Waals surface area (Å²) in [5.74, 6) is 1.53. The van der Waals surface area contributed by atoms with Gasteiger partial charge in [0.1, 0.15) is 17.2 Å². The van der Waals surface area contributed by atoms with Crippen LogP contribution in [0.1, 0.15) is 71.2 Å². The SMILES string of the molecule is CC(C)(C)OCC(CCCCOc1ccc(OC(=O)c2ccc(OC=O)cc2)cc1)C(C)(C)C. The number of esters is 1. The van der Waals surface area contributed by atoms with E-state index in [1.165, 1.54) is 24.3 Å². The first-order chi connectivity index (χ1) is 16.0. The van der Waals surface area contributed by atoms with Crippen molar-refractivity contribution in [3.05, 3.63) is 54.1 Å². The van der Waals surface area contributed by atoms with Crippen molar-refractivity contribution in [2.24, 2.45) is 11.3 Å². The van der Waals surface area contributed by atoms with Crippen LogP contribution in [0.3, 0.4) is 0 Å². The first kappa shape index (κ1) is 27.4. The van der Waals surface area contributed by atoms with Gasteiger partial charge in [0.25, 0.3) is 6.47 Å². The largest absolute Gasteiger partial charge is 0.494 e. The minimum atomic E-state index is -0.491. The summed E-state index contributed by atoms with van der Waals surface area (Å²) in [5, 5.41) is 0. The van der Waals surface area contributed by atoms with Crippen molar-refractivity contribution in [1.29, 1.82) is 0 Å². The van der Waals surface area contributed by atoms with Crippen molar-refractivity contribution in [3.63, 3.8) is 0 Å². The number of rotatable bonds is 12. The molecule has 0 fully saturated rings. The van der Waals surface area contributed by atoms with E-state index in [4.69, 9.17) is 18.9 Å². The van der Waals surface area contributed by atoms with E-state index in [1.54, 1.807) is 24.3 Å². The van der Waals surface area contributed by atoms with Crippen LogP contribution < -0.4 is 14.2 Å². The summed E-state index contributed by atoms with van der Waals surface area (Å²) in [4.78, 5) is 22.6. The van der Waals surface area contributed by atoms with Crippen LogP contribution in [0.15, 0.2) is 48.5 Å². The predicted molar refractivity (Wildman–Crippen MR) is 133 cm³/mol. The number of unbranched alkanes of at least 4 members (excludes halogenated alkanes) is 1. The van der Waals surface area contributed by atoms with Gasteiger partial charge in [0, 0.05) is 0 Å². The second-order valence-corrected chi connectivity index (χ2v) is 10.4. The fourth-order valence-corrected chi connectivity index (χ4v) is 3.29. The van der Waals surface area contributed by atoms with E-state index < -0.39 is 5.97 Å². The molecule has 2 aromatic rings. The number of hydrogen-bond donors (Lipinski definition) is 0. The third kappa shape index (κ3) is 9.96. The zero-order valence-electron chi connectivity index (χ0n) is 21.3. The molecule has 0 heterocycles. The van der Waals surface area contributed by atoms with Crippen molar-refractivity contribution >= 4 is 12.4 Å². The van der Waals surface area contributed by atoms with Gasteiger partial charge in [0.05, 0.1) is 24.4 Å². The van der Waals surface area contributed by atoms with Crippen LogP contribution in [-0.2, 0) is 9.53 Å². The lowest BCUT2D eigenvalue weighted by molar-refractivity contribution is -0.120. The van der Waals surface area contributed by atoms with Gasteiger partial charge in [0.2, 0.25) is 0 Å². The van der Waals surface area contributed by atoms with Crippen LogP contribution >= 0.6 is 0 Å². The molecule has 0 spiro atoms. The molecule has 186 valence electrons. The minimum absolute atomic E-state index is 0.121. The van der Waals surface area contributed by atoms with Crippen LogP contribution in [0, 0.1) is 11.3 Å². The van der Waals surface area contributed by atoms with Crippen molar-refractivity contribution in [1.82, 2.24) is 0 Å². The molecule has 0 aromatic heterocycles. The molecule has 0 N–H and O–H groups in total. The van der Waals surface area contributed by atoms with Crippen LogP contribution in [0.2, 0.25) is 0 Å². The highest BCUT2D eigenvalue weighted by Gasteiger charge is 2.26. The lowest BCUT2D eigenvalue weighted by Crippen LogP contribution is -2.30. The van der Waals surface area contributed by atoms with E-state index in [1.807, 2.05) is 0 Å². The van der Waals surface area contributed by atoms with E-state index in [0.717, 1.165) is 31.6 Å². The molecule has 0 saturated heterocycles. The van der Waals surface area contributed by atoms with Gasteiger partial charge >= 0.3 is 5.97 Å². The van der Waals surface area contributed by atoms with Gasteiger partial charge in [-0.15, -0.1) is 0 Å². The quantitative estimate of drug-likeness (QED) is 0.153. The Bertz CT molecular complexity index is 888. The standard InChI is InChI=1S/C28H38O6/c1-27(2,3)22(19-33-28(4,5)6)9-7-8-18-31-23-14-16-25(17-15-23)34-26(30)21-10-12-24(13-11-21)32-20-29/h10-17,20,22H,7-9,18-19H2,1-6H3. The smallest absolute Gasteiger partial charge is 0.343 e. The average molecular weight is 471 g/mol. The Kier molecular flexibility index (Phi) is 10.1. The molecule has 0 saturated carbocycles. The first-order valence-electron chi connectivity index (χ1n) is 11.8. The molecule has 6 heteroatoms. The van der Waals surface area contributed by atoms with Crippen molar-refractivity contribution in [2.45, 2.75) is 66.4 Å². The second kappa shape index (κ2) is 12.6. The van der Waals surface area contributed by atoms with Crippen molar-refractivity contribution in [2.75, 3.05) is 13.2 Å². The lowest BCUT2D eigenvalue weighted by atomic mass is 9.78. The number of ether oxygens (including phenoxy) is 4. The Morgan fingerprint density at radius 1 is 0.853 bits per heavy atom. The lowest BCUT2D eigenvalue weighted by Gasteiger charge is -2.33. The molecule has 6 nitrogen and oxygen atoms in total. The molecule has 1 unspecified atom stereocenters. The van der Waals surface area contributed by atoms with Gasteiger partial charge in [-0.3, -0.25) is 4.79 Å². The van der Waals surface area contributed by atoms with E-state index in [9.17, 15) is 9.59 Å². The molecule has 0 amide bonds. The molecule has 0 aliphatic rings. The second-order valence-electron chi connectivity index (χ2n) is 10.4. The maximum Gasteiger partial charge on any atom is 0.343 e. The van der Waals surface area contributed by atoms with Gasteiger partial charge in [-0.1, -0.05) is 20.8 Å². The van der Waals surface area contributed by atoms with Gasteiger partial charge < -0.3 is 18.9 Å². The zero-order valence-corrected chi connectivity index (χ0v) is 21.3. The molecule has 34 heavy (non-hydrogen) atoms. The fourth-order valence-electron chi connectivity index (χ4n) is 3.29. The van der Waals surface area contributed by atoms with Crippen LogP contribution in [0.25, 0.3) is 0 Å². The average Bonchev–Trinajstić information content (AvgIpc) is 2.76.